The van der Waals surface area contributed by atoms with Crippen LogP contribution in [-0.2, 0) is 26.2 Å². The van der Waals surface area contributed by atoms with Gasteiger partial charge in [-0.3, -0.25) is 14.6 Å². The molecule has 0 N–H and O–H groups in total. The maximum absolute atomic E-state index is 12.7. The van der Waals surface area contributed by atoms with E-state index in [2.05, 4.69) is 10.00 Å². The summed E-state index contributed by atoms with van der Waals surface area (Å²) < 4.78 is 40.0. The topological polar surface area (TPSA) is 34.0 Å². The third-order valence-corrected chi connectivity index (χ3v) is 5.34. The summed E-state index contributed by atoms with van der Waals surface area (Å²) in [5, 5.41) is 4.24. The second-order valence-electron chi connectivity index (χ2n) is 7.58. The van der Waals surface area contributed by atoms with Gasteiger partial charge in [-0.05, 0) is 49.2 Å². The maximum Gasteiger partial charge on any atom is 0.416 e. The Morgan fingerprint density at radius 3 is 2.55 bits per heavy atom. The molecule has 0 aliphatic carbocycles. The Bertz CT molecular complexity index is 963. The Kier molecular flexibility index (Phi) is 5.41. The molecule has 2 aromatic heterocycles. The highest BCUT2D eigenvalue weighted by atomic mass is 19.4. The van der Waals surface area contributed by atoms with Crippen molar-refractivity contribution in [2.45, 2.75) is 38.0 Å². The van der Waals surface area contributed by atoms with Crippen molar-refractivity contribution in [3.63, 3.8) is 0 Å². The zero-order valence-electron chi connectivity index (χ0n) is 16.2. The zero-order chi connectivity index (χ0) is 20.4. The molecule has 1 fully saturated rings. The minimum absolute atomic E-state index is 0.253. The van der Waals surface area contributed by atoms with Crippen LogP contribution in [0.4, 0.5) is 13.2 Å². The van der Waals surface area contributed by atoms with Crippen LogP contribution in [-0.4, -0.2) is 26.2 Å². The van der Waals surface area contributed by atoms with Gasteiger partial charge in [0, 0.05) is 37.5 Å². The van der Waals surface area contributed by atoms with Crippen LogP contribution in [0.5, 0.6) is 0 Å². The quantitative estimate of drug-likeness (QED) is 0.619. The number of hydrogen-bond acceptors (Lipinski definition) is 3. The third kappa shape index (κ3) is 4.67. The van der Waals surface area contributed by atoms with Gasteiger partial charge in [-0.2, -0.15) is 18.3 Å². The highest BCUT2D eigenvalue weighted by Crippen LogP contribution is 2.32. The van der Waals surface area contributed by atoms with Crippen LogP contribution in [0.2, 0.25) is 0 Å². The first-order valence-electron chi connectivity index (χ1n) is 9.72. The van der Waals surface area contributed by atoms with Gasteiger partial charge in [0.15, 0.2) is 0 Å². The Labute approximate surface area is 168 Å². The van der Waals surface area contributed by atoms with E-state index in [4.69, 9.17) is 4.98 Å². The Morgan fingerprint density at radius 2 is 1.86 bits per heavy atom. The van der Waals surface area contributed by atoms with Crippen LogP contribution in [0.3, 0.4) is 0 Å². The van der Waals surface area contributed by atoms with Crippen molar-refractivity contribution in [3.8, 4) is 0 Å². The van der Waals surface area contributed by atoms with E-state index in [1.807, 2.05) is 42.3 Å². The average Bonchev–Trinajstić information content (AvgIpc) is 3.31. The number of aryl methyl sites for hydroxylation is 1. The predicted octanol–water partition coefficient (Wildman–Crippen LogP) is 4.76. The summed E-state index contributed by atoms with van der Waals surface area (Å²) in [6.07, 6.45) is 2.30. The van der Waals surface area contributed by atoms with Crippen molar-refractivity contribution in [1.29, 1.82) is 0 Å². The highest BCUT2D eigenvalue weighted by Gasteiger charge is 2.30. The smallest absolute Gasteiger partial charge is 0.290 e. The molecule has 7 heteroatoms. The van der Waals surface area contributed by atoms with Gasteiger partial charge in [0.25, 0.3) is 0 Å². The molecule has 3 aromatic rings. The number of aromatic nitrogens is 3. The van der Waals surface area contributed by atoms with Gasteiger partial charge in [-0.1, -0.05) is 18.2 Å². The number of halogens is 3. The third-order valence-electron chi connectivity index (χ3n) is 5.34. The number of alkyl halides is 3. The molecule has 152 valence electrons. The van der Waals surface area contributed by atoms with E-state index in [1.54, 1.807) is 0 Å². The van der Waals surface area contributed by atoms with Crippen molar-refractivity contribution in [2.75, 3.05) is 6.54 Å². The second-order valence-corrected chi connectivity index (χ2v) is 7.58. The van der Waals surface area contributed by atoms with Crippen molar-refractivity contribution < 1.29 is 13.2 Å². The zero-order valence-corrected chi connectivity index (χ0v) is 16.2. The first kappa shape index (κ1) is 19.6. The van der Waals surface area contributed by atoms with Crippen molar-refractivity contribution in [2.24, 2.45) is 7.05 Å². The lowest BCUT2D eigenvalue weighted by molar-refractivity contribution is -0.137. The van der Waals surface area contributed by atoms with Crippen molar-refractivity contribution >= 4 is 0 Å². The van der Waals surface area contributed by atoms with E-state index in [1.165, 1.54) is 17.7 Å². The molecule has 3 heterocycles. The molecule has 0 spiro atoms. The summed E-state index contributed by atoms with van der Waals surface area (Å²) >= 11 is 0. The monoisotopic (exact) mass is 400 g/mol. The summed E-state index contributed by atoms with van der Waals surface area (Å²) in [5.41, 5.74) is 3.27. The Morgan fingerprint density at radius 1 is 1.07 bits per heavy atom. The summed E-state index contributed by atoms with van der Waals surface area (Å²) in [7, 11) is 1.91. The minimum Gasteiger partial charge on any atom is -0.290 e. The van der Waals surface area contributed by atoms with Crippen LogP contribution in [0.25, 0.3) is 0 Å². The molecule has 1 aliphatic heterocycles. The van der Waals surface area contributed by atoms with Crippen LogP contribution in [0.15, 0.2) is 54.9 Å². The van der Waals surface area contributed by atoms with Crippen LogP contribution < -0.4 is 0 Å². The average molecular weight is 400 g/mol. The van der Waals surface area contributed by atoms with E-state index in [-0.39, 0.29) is 6.04 Å². The van der Waals surface area contributed by atoms with Crippen molar-refractivity contribution in [1.82, 2.24) is 19.7 Å². The molecule has 1 aliphatic rings. The maximum atomic E-state index is 12.7. The highest BCUT2D eigenvalue weighted by molar-refractivity contribution is 5.28. The molecule has 4 rings (SSSR count). The van der Waals surface area contributed by atoms with Gasteiger partial charge in [0.2, 0.25) is 0 Å². The number of hydrogen-bond donors (Lipinski definition) is 0. The standard InChI is InChI=1S/C22H23F3N4/c1-28-14-17(13-26-28)15-29-11-3-6-21(29)20-5-2-4-19(27-20)12-16-7-9-18(10-8-16)22(23,24)25/h2,4-5,7-10,13-14,21H,3,6,11-12,15H2,1H3/t21-/m1/s1. The summed E-state index contributed by atoms with van der Waals surface area (Å²) in [5.74, 6) is 0. The van der Waals surface area contributed by atoms with E-state index >= 15 is 0 Å². The molecule has 0 unspecified atom stereocenters. The predicted molar refractivity (Wildman–Crippen MR) is 104 cm³/mol. The minimum atomic E-state index is -4.31. The molecule has 1 atom stereocenters. The normalized spacial score (nSPS) is 17.7. The van der Waals surface area contributed by atoms with E-state index < -0.39 is 11.7 Å². The lowest BCUT2D eigenvalue weighted by Gasteiger charge is -2.23. The number of pyridine rings is 1. The summed E-state index contributed by atoms with van der Waals surface area (Å²) in [4.78, 5) is 7.25. The Balaban J connectivity index is 1.48. The number of rotatable bonds is 5. The number of benzene rings is 1. The molecule has 0 bridgehead atoms. The molecule has 4 nitrogen and oxygen atoms in total. The fourth-order valence-corrected chi connectivity index (χ4v) is 3.94. The lowest BCUT2D eigenvalue weighted by atomic mass is 10.1. The molecule has 1 saturated heterocycles. The fraction of sp³-hybridized carbons (Fsp3) is 0.364. The van der Waals surface area contributed by atoms with Gasteiger partial charge in [-0.15, -0.1) is 0 Å². The number of likely N-dealkylation sites (tertiary alicyclic amines) is 1. The van der Waals surface area contributed by atoms with E-state index in [0.717, 1.165) is 55.0 Å². The SMILES string of the molecule is Cn1cc(CN2CCC[C@@H]2c2cccc(Cc3ccc(C(F)(F)F)cc3)n2)cn1. The molecule has 0 radical (unpaired) electrons. The number of nitrogens with zero attached hydrogens (tertiary/aromatic N) is 4. The summed E-state index contributed by atoms with van der Waals surface area (Å²) in [6.45, 7) is 1.85. The van der Waals surface area contributed by atoms with Crippen LogP contribution in [0, 0.1) is 0 Å². The lowest BCUT2D eigenvalue weighted by Crippen LogP contribution is -2.23. The first-order valence-corrected chi connectivity index (χ1v) is 9.72. The van der Waals surface area contributed by atoms with E-state index in [0.29, 0.717) is 6.42 Å². The van der Waals surface area contributed by atoms with Crippen molar-refractivity contribution in [3.05, 3.63) is 82.9 Å². The van der Waals surface area contributed by atoms with Crippen LogP contribution in [0.1, 0.15) is 47.0 Å². The fourth-order valence-electron chi connectivity index (χ4n) is 3.94. The molecule has 0 saturated carbocycles. The molecular formula is C22H23F3N4. The second kappa shape index (κ2) is 7.99. The van der Waals surface area contributed by atoms with E-state index in [9.17, 15) is 13.2 Å². The first-order chi connectivity index (χ1) is 13.9. The van der Waals surface area contributed by atoms with Gasteiger partial charge in [0.1, 0.15) is 0 Å². The summed E-state index contributed by atoms with van der Waals surface area (Å²) in [6, 6.07) is 11.5. The largest absolute Gasteiger partial charge is 0.416 e. The Hall–Kier alpha value is -2.67. The molecule has 29 heavy (non-hydrogen) atoms. The molecular weight excluding hydrogens is 377 g/mol. The van der Waals surface area contributed by atoms with Gasteiger partial charge >= 0.3 is 6.18 Å². The van der Waals surface area contributed by atoms with Gasteiger partial charge < -0.3 is 0 Å². The van der Waals surface area contributed by atoms with Crippen LogP contribution >= 0.6 is 0 Å². The van der Waals surface area contributed by atoms with Gasteiger partial charge in [-0.25, -0.2) is 0 Å². The molecule has 1 aromatic carbocycles. The molecule has 0 amide bonds. The van der Waals surface area contributed by atoms with Gasteiger partial charge in [0.05, 0.1) is 23.5 Å².